The molecule has 1 aromatic carbocycles. The van der Waals surface area contributed by atoms with Crippen LogP contribution in [0.25, 0.3) is 0 Å². The third kappa shape index (κ3) is 4.92. The normalized spacial score (nSPS) is 19.4. The summed E-state index contributed by atoms with van der Waals surface area (Å²) >= 11 is 0. The van der Waals surface area contributed by atoms with E-state index < -0.39 is 19.9 Å². The fourth-order valence-corrected chi connectivity index (χ4v) is 5.13. The molecule has 1 heterocycles. The Morgan fingerprint density at radius 2 is 1.82 bits per heavy atom. The van der Waals surface area contributed by atoms with Crippen molar-refractivity contribution in [3.8, 4) is 0 Å². The molecule has 22 heavy (non-hydrogen) atoms. The lowest BCUT2D eigenvalue weighted by molar-refractivity contribution is 0.375. The van der Waals surface area contributed by atoms with E-state index in [1.165, 1.54) is 24.3 Å². The minimum absolute atomic E-state index is 0. The maximum Gasteiger partial charge on any atom is 0.241 e. The number of piperidine rings is 1. The summed E-state index contributed by atoms with van der Waals surface area (Å²) in [5, 5.41) is 3.22. The van der Waals surface area contributed by atoms with E-state index in [0.717, 1.165) is 32.2 Å². The van der Waals surface area contributed by atoms with Gasteiger partial charge in [0.1, 0.15) is 4.90 Å². The molecule has 1 unspecified atom stereocenters. The van der Waals surface area contributed by atoms with Crippen LogP contribution < -0.4 is 10.0 Å². The molecule has 0 saturated carbocycles. The van der Waals surface area contributed by atoms with E-state index >= 15 is 0 Å². The number of sulfone groups is 1. The quantitative estimate of drug-likeness (QED) is 0.801. The van der Waals surface area contributed by atoms with Crippen LogP contribution in [0.3, 0.4) is 0 Å². The third-order valence-electron chi connectivity index (χ3n) is 3.50. The molecular weight excluding hydrogens is 348 g/mol. The highest BCUT2D eigenvalue weighted by atomic mass is 35.5. The lowest BCUT2D eigenvalue weighted by Crippen LogP contribution is -2.38. The summed E-state index contributed by atoms with van der Waals surface area (Å²) in [7, 11) is -7.42. The molecule has 2 N–H and O–H groups in total. The fourth-order valence-electron chi connectivity index (χ4n) is 2.38. The fraction of sp³-hybridized carbons (Fsp3) is 0.538. The number of hydrogen-bond donors (Lipinski definition) is 2. The maximum atomic E-state index is 12.3. The van der Waals surface area contributed by atoms with Crippen molar-refractivity contribution < 1.29 is 16.8 Å². The van der Waals surface area contributed by atoms with Gasteiger partial charge in [-0.25, -0.2) is 21.6 Å². The van der Waals surface area contributed by atoms with Crippen molar-refractivity contribution in [3.63, 3.8) is 0 Å². The van der Waals surface area contributed by atoms with Gasteiger partial charge < -0.3 is 5.32 Å². The Labute approximate surface area is 138 Å². The first-order valence-corrected chi connectivity index (χ1v) is 10.2. The first-order valence-electron chi connectivity index (χ1n) is 6.80. The molecular formula is C13H21ClN2O4S2. The summed E-state index contributed by atoms with van der Waals surface area (Å²) in [6.07, 6.45) is 2.99. The molecule has 1 aliphatic heterocycles. The largest absolute Gasteiger partial charge is 0.316 e. The van der Waals surface area contributed by atoms with Gasteiger partial charge in [-0.05, 0) is 44.0 Å². The molecule has 1 fully saturated rings. The van der Waals surface area contributed by atoms with Crippen molar-refractivity contribution in [1.82, 2.24) is 10.0 Å². The monoisotopic (exact) mass is 368 g/mol. The summed E-state index contributed by atoms with van der Waals surface area (Å²) in [6.45, 7) is 2.05. The summed E-state index contributed by atoms with van der Waals surface area (Å²) in [5.74, 6) is 0.235. The van der Waals surface area contributed by atoms with Gasteiger partial charge in [-0.15, -0.1) is 12.4 Å². The molecule has 1 aliphatic rings. The second-order valence-electron chi connectivity index (χ2n) is 5.28. The van der Waals surface area contributed by atoms with Crippen LogP contribution in [-0.2, 0) is 19.9 Å². The molecule has 1 aromatic rings. The Morgan fingerprint density at radius 3 is 2.36 bits per heavy atom. The second-order valence-corrected chi connectivity index (χ2v) is 9.00. The Kier molecular flexibility index (Phi) is 6.82. The van der Waals surface area contributed by atoms with Crippen LogP contribution in [0.5, 0.6) is 0 Å². The van der Waals surface area contributed by atoms with Crippen LogP contribution >= 0.6 is 12.4 Å². The SMILES string of the molecule is CS(=O)(=O)c1ccccc1S(=O)(=O)NCC1CCCNC1.Cl. The Balaban J connectivity index is 0.00000242. The van der Waals surface area contributed by atoms with Crippen molar-refractivity contribution in [1.29, 1.82) is 0 Å². The van der Waals surface area contributed by atoms with Crippen molar-refractivity contribution >= 4 is 32.3 Å². The molecule has 2 rings (SSSR count). The van der Waals surface area contributed by atoms with Gasteiger partial charge in [0.25, 0.3) is 0 Å². The van der Waals surface area contributed by atoms with Crippen molar-refractivity contribution in [2.24, 2.45) is 5.92 Å². The molecule has 0 aromatic heterocycles. The first-order chi connectivity index (χ1) is 9.81. The van der Waals surface area contributed by atoms with Crippen LogP contribution in [0.15, 0.2) is 34.1 Å². The molecule has 126 valence electrons. The molecule has 0 amide bonds. The standard InChI is InChI=1S/C13H20N2O4S2.ClH/c1-20(16,17)12-6-2-3-7-13(12)21(18,19)15-10-11-5-4-8-14-9-11;/h2-3,6-7,11,14-15H,4-5,8-10H2,1H3;1H. The zero-order chi connectivity index (χ0) is 15.5. The number of nitrogens with one attached hydrogen (secondary N) is 2. The van der Waals surface area contributed by atoms with Crippen molar-refractivity contribution in [2.45, 2.75) is 22.6 Å². The number of sulfonamides is 1. The number of rotatable bonds is 5. The highest BCUT2D eigenvalue weighted by molar-refractivity contribution is 7.93. The number of benzene rings is 1. The molecule has 0 spiro atoms. The van der Waals surface area contributed by atoms with Crippen LogP contribution in [-0.4, -0.2) is 42.7 Å². The second kappa shape index (κ2) is 7.74. The summed E-state index contributed by atoms with van der Waals surface area (Å²) < 4.78 is 50.6. The van der Waals surface area contributed by atoms with Gasteiger partial charge in [0.05, 0.1) is 4.90 Å². The summed E-state index contributed by atoms with van der Waals surface area (Å²) in [6, 6.07) is 5.66. The molecule has 0 aliphatic carbocycles. The van der Waals surface area contributed by atoms with Crippen LogP contribution in [0.1, 0.15) is 12.8 Å². The molecule has 1 atom stereocenters. The minimum atomic E-state index is -3.83. The minimum Gasteiger partial charge on any atom is -0.316 e. The lowest BCUT2D eigenvalue weighted by Gasteiger charge is -2.23. The van der Waals surface area contributed by atoms with Gasteiger partial charge in [0.15, 0.2) is 9.84 Å². The van der Waals surface area contributed by atoms with E-state index in [1.807, 2.05) is 0 Å². The van der Waals surface area contributed by atoms with E-state index in [0.29, 0.717) is 6.54 Å². The van der Waals surface area contributed by atoms with Gasteiger partial charge in [0, 0.05) is 12.8 Å². The van der Waals surface area contributed by atoms with Gasteiger partial charge in [0.2, 0.25) is 10.0 Å². The van der Waals surface area contributed by atoms with E-state index in [4.69, 9.17) is 0 Å². The van der Waals surface area contributed by atoms with Gasteiger partial charge in [-0.2, -0.15) is 0 Å². The van der Waals surface area contributed by atoms with E-state index in [1.54, 1.807) is 0 Å². The highest BCUT2D eigenvalue weighted by Crippen LogP contribution is 2.20. The Hall–Kier alpha value is -0.670. The molecule has 9 heteroatoms. The van der Waals surface area contributed by atoms with Gasteiger partial charge in [-0.1, -0.05) is 12.1 Å². The topological polar surface area (TPSA) is 92.3 Å². The zero-order valence-electron chi connectivity index (χ0n) is 12.3. The molecule has 1 saturated heterocycles. The molecule has 0 radical (unpaired) electrons. The van der Waals surface area contributed by atoms with E-state index in [-0.39, 0.29) is 28.1 Å². The predicted octanol–water partition coefficient (Wildman–Crippen LogP) is 0.790. The number of halogens is 1. The zero-order valence-corrected chi connectivity index (χ0v) is 14.7. The summed E-state index contributed by atoms with van der Waals surface area (Å²) in [4.78, 5) is -0.351. The third-order valence-corrected chi connectivity index (χ3v) is 6.26. The van der Waals surface area contributed by atoms with Crippen molar-refractivity contribution in [3.05, 3.63) is 24.3 Å². The molecule has 6 nitrogen and oxygen atoms in total. The smallest absolute Gasteiger partial charge is 0.241 e. The average molecular weight is 369 g/mol. The predicted molar refractivity (Wildman–Crippen MR) is 87.6 cm³/mol. The van der Waals surface area contributed by atoms with Crippen LogP contribution in [0, 0.1) is 5.92 Å². The van der Waals surface area contributed by atoms with Crippen molar-refractivity contribution in [2.75, 3.05) is 25.9 Å². The van der Waals surface area contributed by atoms with E-state index in [2.05, 4.69) is 10.0 Å². The number of hydrogen-bond acceptors (Lipinski definition) is 5. The highest BCUT2D eigenvalue weighted by Gasteiger charge is 2.24. The Morgan fingerprint density at radius 1 is 1.18 bits per heavy atom. The Bertz CT molecular complexity index is 699. The maximum absolute atomic E-state index is 12.3. The van der Waals surface area contributed by atoms with Crippen LogP contribution in [0.2, 0.25) is 0 Å². The van der Waals surface area contributed by atoms with Crippen LogP contribution in [0.4, 0.5) is 0 Å². The molecule has 0 bridgehead atoms. The van der Waals surface area contributed by atoms with E-state index in [9.17, 15) is 16.8 Å². The average Bonchev–Trinajstić information content (AvgIpc) is 2.45. The summed E-state index contributed by atoms with van der Waals surface area (Å²) in [5.41, 5.74) is 0. The van der Waals surface area contributed by atoms with Gasteiger partial charge >= 0.3 is 0 Å². The first kappa shape index (κ1) is 19.4. The van der Waals surface area contributed by atoms with Gasteiger partial charge in [-0.3, -0.25) is 0 Å². The lowest BCUT2D eigenvalue weighted by atomic mass is 10.0.